The molecule has 1 amide bonds. The van der Waals surface area contributed by atoms with Gasteiger partial charge in [0.1, 0.15) is 17.4 Å². The Hall–Kier alpha value is -2.52. The summed E-state index contributed by atoms with van der Waals surface area (Å²) in [6.45, 7) is 4.57. The number of hydrogen-bond donors (Lipinski definition) is 1. The SMILES string of the molecule is CCOc1ccc(NC(=O)/C(C#N)=C\N(C)C2CCN(C)CC2)cc1. The quantitative estimate of drug-likeness (QED) is 0.635. The van der Waals surface area contributed by atoms with Crippen molar-refractivity contribution >= 4 is 11.6 Å². The summed E-state index contributed by atoms with van der Waals surface area (Å²) in [5.74, 6) is 0.352. The molecule has 6 nitrogen and oxygen atoms in total. The first-order valence-electron chi connectivity index (χ1n) is 8.60. The summed E-state index contributed by atoms with van der Waals surface area (Å²) in [6.07, 6.45) is 3.71. The van der Waals surface area contributed by atoms with Crippen molar-refractivity contribution in [2.45, 2.75) is 25.8 Å². The van der Waals surface area contributed by atoms with Crippen molar-refractivity contribution in [2.75, 3.05) is 39.1 Å². The van der Waals surface area contributed by atoms with Crippen LogP contribution < -0.4 is 10.1 Å². The van der Waals surface area contributed by atoms with Crippen LogP contribution in [-0.2, 0) is 4.79 Å². The van der Waals surface area contributed by atoms with E-state index in [-0.39, 0.29) is 5.57 Å². The van der Waals surface area contributed by atoms with E-state index < -0.39 is 5.91 Å². The molecular formula is C19H26N4O2. The predicted octanol–water partition coefficient (Wildman–Crippen LogP) is 2.46. The summed E-state index contributed by atoms with van der Waals surface area (Å²) in [4.78, 5) is 16.6. The molecule has 0 bridgehead atoms. The third-order valence-corrected chi connectivity index (χ3v) is 4.39. The Balaban J connectivity index is 1.98. The lowest BCUT2D eigenvalue weighted by Gasteiger charge is -2.34. The molecule has 134 valence electrons. The first kappa shape index (κ1) is 18.8. The van der Waals surface area contributed by atoms with E-state index in [4.69, 9.17) is 4.74 Å². The molecule has 1 fully saturated rings. The Morgan fingerprint density at radius 2 is 2.04 bits per heavy atom. The van der Waals surface area contributed by atoms with Crippen molar-refractivity contribution in [2.24, 2.45) is 0 Å². The Bertz CT molecular complexity index is 640. The molecule has 0 atom stereocenters. The van der Waals surface area contributed by atoms with Gasteiger partial charge in [0.05, 0.1) is 6.61 Å². The average molecular weight is 342 g/mol. The second kappa shape index (κ2) is 9.09. The molecule has 0 aliphatic carbocycles. The molecule has 1 aromatic carbocycles. The Morgan fingerprint density at radius 3 is 2.60 bits per heavy atom. The molecule has 1 aromatic rings. The summed E-state index contributed by atoms with van der Waals surface area (Å²) in [6, 6.07) is 9.47. The Labute approximate surface area is 149 Å². The van der Waals surface area contributed by atoms with Crippen LogP contribution in [-0.4, -0.2) is 55.5 Å². The fourth-order valence-electron chi connectivity index (χ4n) is 2.85. The first-order valence-corrected chi connectivity index (χ1v) is 8.60. The zero-order chi connectivity index (χ0) is 18.2. The normalized spacial score (nSPS) is 16.2. The second-order valence-electron chi connectivity index (χ2n) is 6.27. The van der Waals surface area contributed by atoms with E-state index >= 15 is 0 Å². The highest BCUT2D eigenvalue weighted by atomic mass is 16.5. The number of anilines is 1. The van der Waals surface area contributed by atoms with Crippen LogP contribution in [0.25, 0.3) is 0 Å². The number of carbonyl (C=O) groups excluding carboxylic acids is 1. The van der Waals surface area contributed by atoms with Gasteiger partial charge >= 0.3 is 0 Å². The van der Waals surface area contributed by atoms with E-state index in [2.05, 4.69) is 17.3 Å². The van der Waals surface area contributed by atoms with Gasteiger partial charge in [-0.05, 0) is 64.2 Å². The van der Waals surface area contributed by atoms with Gasteiger partial charge in [-0.1, -0.05) is 0 Å². The molecule has 0 radical (unpaired) electrons. The van der Waals surface area contributed by atoms with E-state index in [1.807, 2.05) is 24.9 Å². The Morgan fingerprint density at radius 1 is 1.40 bits per heavy atom. The molecule has 0 aromatic heterocycles. The molecule has 1 aliphatic heterocycles. The van der Waals surface area contributed by atoms with Crippen molar-refractivity contribution in [3.05, 3.63) is 36.0 Å². The zero-order valence-electron chi connectivity index (χ0n) is 15.2. The third-order valence-electron chi connectivity index (χ3n) is 4.39. The van der Waals surface area contributed by atoms with Crippen molar-refractivity contribution in [3.63, 3.8) is 0 Å². The fraction of sp³-hybridized carbons (Fsp3) is 0.474. The van der Waals surface area contributed by atoms with Gasteiger partial charge in [0, 0.05) is 25.0 Å². The van der Waals surface area contributed by atoms with Gasteiger partial charge in [-0.2, -0.15) is 5.26 Å². The number of benzene rings is 1. The molecule has 0 saturated carbocycles. The molecule has 1 heterocycles. The molecule has 2 rings (SSSR count). The van der Waals surface area contributed by atoms with Crippen molar-refractivity contribution in [1.29, 1.82) is 5.26 Å². The molecule has 0 unspecified atom stereocenters. The van der Waals surface area contributed by atoms with E-state index in [0.29, 0.717) is 18.3 Å². The van der Waals surface area contributed by atoms with E-state index in [9.17, 15) is 10.1 Å². The molecule has 1 aliphatic rings. The monoisotopic (exact) mass is 342 g/mol. The van der Waals surface area contributed by atoms with Gasteiger partial charge in [-0.3, -0.25) is 4.79 Å². The minimum atomic E-state index is -0.397. The number of nitriles is 1. The first-order chi connectivity index (χ1) is 12.0. The summed E-state index contributed by atoms with van der Waals surface area (Å²) >= 11 is 0. The lowest BCUT2D eigenvalue weighted by Crippen LogP contribution is -2.40. The molecule has 25 heavy (non-hydrogen) atoms. The minimum absolute atomic E-state index is 0.107. The predicted molar refractivity (Wildman–Crippen MR) is 98.2 cm³/mol. The zero-order valence-corrected chi connectivity index (χ0v) is 15.2. The average Bonchev–Trinajstić information content (AvgIpc) is 2.62. The van der Waals surface area contributed by atoms with Crippen LogP contribution in [0, 0.1) is 11.3 Å². The number of rotatable bonds is 6. The summed E-state index contributed by atoms with van der Waals surface area (Å²) in [5.41, 5.74) is 0.742. The van der Waals surface area contributed by atoms with Crippen LogP contribution >= 0.6 is 0 Å². The van der Waals surface area contributed by atoms with Crippen LogP contribution in [0.3, 0.4) is 0 Å². The summed E-state index contributed by atoms with van der Waals surface area (Å²) in [5, 5.41) is 12.1. The molecule has 0 spiro atoms. The number of hydrogen-bond acceptors (Lipinski definition) is 5. The lowest BCUT2D eigenvalue weighted by molar-refractivity contribution is -0.112. The fourth-order valence-corrected chi connectivity index (χ4v) is 2.85. The summed E-state index contributed by atoms with van der Waals surface area (Å²) < 4.78 is 5.38. The summed E-state index contributed by atoms with van der Waals surface area (Å²) in [7, 11) is 4.04. The van der Waals surface area contributed by atoms with Gasteiger partial charge in [-0.15, -0.1) is 0 Å². The topological polar surface area (TPSA) is 68.6 Å². The van der Waals surface area contributed by atoms with Crippen LogP contribution in [0.5, 0.6) is 5.75 Å². The number of piperidine rings is 1. The number of amides is 1. The molecule has 1 N–H and O–H groups in total. The molecule has 1 saturated heterocycles. The maximum absolute atomic E-state index is 12.4. The third kappa shape index (κ3) is 5.50. The van der Waals surface area contributed by atoms with E-state index in [0.717, 1.165) is 31.7 Å². The maximum atomic E-state index is 12.4. The largest absolute Gasteiger partial charge is 0.494 e. The van der Waals surface area contributed by atoms with E-state index in [1.54, 1.807) is 30.5 Å². The number of nitrogens with one attached hydrogen (secondary N) is 1. The van der Waals surface area contributed by atoms with Gasteiger partial charge < -0.3 is 19.9 Å². The highest BCUT2D eigenvalue weighted by Crippen LogP contribution is 2.18. The van der Waals surface area contributed by atoms with Crippen molar-refractivity contribution in [3.8, 4) is 11.8 Å². The van der Waals surface area contributed by atoms with E-state index in [1.165, 1.54) is 0 Å². The van der Waals surface area contributed by atoms with Gasteiger partial charge in [0.2, 0.25) is 0 Å². The Kier molecular flexibility index (Phi) is 6.84. The highest BCUT2D eigenvalue weighted by Gasteiger charge is 2.20. The lowest BCUT2D eigenvalue weighted by atomic mass is 10.0. The van der Waals surface area contributed by atoms with Crippen LogP contribution in [0.4, 0.5) is 5.69 Å². The highest BCUT2D eigenvalue weighted by molar-refractivity contribution is 6.06. The second-order valence-corrected chi connectivity index (χ2v) is 6.27. The van der Waals surface area contributed by atoms with Crippen LogP contribution in [0.1, 0.15) is 19.8 Å². The number of likely N-dealkylation sites (tertiary alicyclic amines) is 1. The standard InChI is InChI=1S/C19H26N4O2/c1-4-25-18-7-5-16(6-8-18)21-19(24)15(13-20)14-23(3)17-9-11-22(2)12-10-17/h5-8,14,17H,4,9-12H2,1-3H3,(H,21,24)/b15-14-. The van der Waals surface area contributed by atoms with Gasteiger partial charge in [0.25, 0.3) is 5.91 Å². The number of nitrogens with zero attached hydrogens (tertiary/aromatic N) is 3. The smallest absolute Gasteiger partial charge is 0.267 e. The van der Waals surface area contributed by atoms with Crippen LogP contribution in [0.2, 0.25) is 0 Å². The molecular weight excluding hydrogens is 316 g/mol. The number of ether oxygens (including phenoxy) is 1. The molecule has 6 heteroatoms. The van der Waals surface area contributed by atoms with Gasteiger partial charge in [0.15, 0.2) is 0 Å². The van der Waals surface area contributed by atoms with Crippen molar-refractivity contribution in [1.82, 2.24) is 9.80 Å². The minimum Gasteiger partial charge on any atom is -0.494 e. The maximum Gasteiger partial charge on any atom is 0.267 e. The van der Waals surface area contributed by atoms with Crippen molar-refractivity contribution < 1.29 is 9.53 Å². The van der Waals surface area contributed by atoms with Gasteiger partial charge in [-0.25, -0.2) is 0 Å². The van der Waals surface area contributed by atoms with Crippen LogP contribution in [0.15, 0.2) is 36.0 Å². The number of carbonyl (C=O) groups is 1.